The van der Waals surface area contributed by atoms with E-state index in [1.165, 1.54) is 11.9 Å². The van der Waals surface area contributed by atoms with E-state index in [0.29, 0.717) is 16.7 Å². The van der Waals surface area contributed by atoms with Crippen LogP contribution in [0.5, 0.6) is 5.75 Å². The highest BCUT2D eigenvalue weighted by Gasteiger charge is 2.11. The van der Waals surface area contributed by atoms with Crippen molar-refractivity contribution in [3.8, 4) is 5.75 Å². The second kappa shape index (κ2) is 8.59. The van der Waals surface area contributed by atoms with Gasteiger partial charge in [0.25, 0.3) is 0 Å². The molecule has 0 aliphatic rings. The Labute approximate surface area is 178 Å². The van der Waals surface area contributed by atoms with Gasteiger partial charge in [0.1, 0.15) is 5.75 Å². The number of anilines is 3. The standard InChI is InChI=1S/C22H19ClN4OS/c1-14-3-12-19-20(13-14)26-21(24-16-6-8-17(28-2)9-7-16)22(25-19)27-29-18-10-4-15(23)5-11-18/h3-13H,1-2H3,(H,24,26)(H,25,27). The fourth-order valence-corrected chi connectivity index (χ4v) is 3.50. The van der Waals surface area contributed by atoms with E-state index in [2.05, 4.69) is 10.0 Å². The molecular formula is C22H19ClN4OS. The van der Waals surface area contributed by atoms with Crippen molar-refractivity contribution in [2.45, 2.75) is 11.8 Å². The van der Waals surface area contributed by atoms with Crippen LogP contribution in [0, 0.1) is 6.92 Å². The number of rotatable bonds is 6. The van der Waals surface area contributed by atoms with Crippen LogP contribution in [0.4, 0.5) is 17.3 Å². The number of methoxy groups -OCH3 is 1. The summed E-state index contributed by atoms with van der Waals surface area (Å²) >= 11 is 7.43. The minimum atomic E-state index is 0.648. The van der Waals surface area contributed by atoms with Crippen molar-refractivity contribution in [2.24, 2.45) is 0 Å². The Kier molecular flexibility index (Phi) is 5.74. The summed E-state index contributed by atoms with van der Waals surface area (Å²) in [6.07, 6.45) is 0. The first-order valence-corrected chi connectivity index (χ1v) is 10.2. The van der Waals surface area contributed by atoms with Crippen molar-refractivity contribution in [1.29, 1.82) is 0 Å². The van der Waals surface area contributed by atoms with Crippen LogP contribution in [-0.2, 0) is 0 Å². The van der Waals surface area contributed by atoms with E-state index in [1.807, 2.05) is 73.7 Å². The molecule has 7 heteroatoms. The molecule has 3 aromatic carbocycles. The Hall–Kier alpha value is -2.96. The van der Waals surface area contributed by atoms with Crippen LogP contribution >= 0.6 is 23.5 Å². The van der Waals surface area contributed by atoms with Crippen LogP contribution in [0.25, 0.3) is 11.0 Å². The molecule has 0 spiro atoms. The second-order valence-corrected chi connectivity index (χ2v) is 7.74. The molecule has 0 saturated carbocycles. The van der Waals surface area contributed by atoms with E-state index in [4.69, 9.17) is 26.3 Å². The number of ether oxygens (including phenoxy) is 1. The number of aromatic nitrogens is 2. The predicted octanol–water partition coefficient (Wildman–Crippen LogP) is 6.46. The molecule has 0 bridgehead atoms. The Morgan fingerprint density at radius 3 is 2.31 bits per heavy atom. The summed E-state index contributed by atoms with van der Waals surface area (Å²) in [6, 6.07) is 21.3. The monoisotopic (exact) mass is 422 g/mol. The molecule has 0 fully saturated rings. The van der Waals surface area contributed by atoms with Crippen molar-refractivity contribution in [3.05, 3.63) is 77.3 Å². The second-order valence-electron chi connectivity index (χ2n) is 6.42. The number of fused-ring (bicyclic) bond motifs is 1. The van der Waals surface area contributed by atoms with Gasteiger partial charge in [-0.1, -0.05) is 17.7 Å². The van der Waals surface area contributed by atoms with Gasteiger partial charge in [0, 0.05) is 15.6 Å². The summed E-state index contributed by atoms with van der Waals surface area (Å²) in [5, 5.41) is 4.06. The normalized spacial score (nSPS) is 10.7. The van der Waals surface area contributed by atoms with Crippen molar-refractivity contribution in [2.75, 3.05) is 17.1 Å². The molecule has 5 nitrogen and oxygen atoms in total. The third-order valence-electron chi connectivity index (χ3n) is 4.25. The van der Waals surface area contributed by atoms with Crippen LogP contribution in [0.15, 0.2) is 71.6 Å². The smallest absolute Gasteiger partial charge is 0.180 e. The van der Waals surface area contributed by atoms with Gasteiger partial charge in [-0.15, -0.1) is 0 Å². The molecule has 146 valence electrons. The van der Waals surface area contributed by atoms with Crippen LogP contribution in [0.2, 0.25) is 5.02 Å². The number of aryl methyl sites for hydroxylation is 1. The molecular weight excluding hydrogens is 404 g/mol. The lowest BCUT2D eigenvalue weighted by molar-refractivity contribution is 0.415. The van der Waals surface area contributed by atoms with Gasteiger partial charge in [0.15, 0.2) is 11.6 Å². The van der Waals surface area contributed by atoms with E-state index >= 15 is 0 Å². The summed E-state index contributed by atoms with van der Waals surface area (Å²) in [6.45, 7) is 2.04. The zero-order valence-electron chi connectivity index (χ0n) is 15.9. The fourth-order valence-electron chi connectivity index (χ4n) is 2.74. The SMILES string of the molecule is COc1ccc(Nc2nc3cc(C)ccc3nc2NSc2ccc(Cl)cc2)cc1. The largest absolute Gasteiger partial charge is 0.497 e. The molecule has 0 aliphatic heterocycles. The highest BCUT2D eigenvalue weighted by Crippen LogP contribution is 2.30. The van der Waals surface area contributed by atoms with Gasteiger partial charge in [-0.3, -0.25) is 0 Å². The average molecular weight is 423 g/mol. The van der Waals surface area contributed by atoms with E-state index in [9.17, 15) is 0 Å². The molecule has 29 heavy (non-hydrogen) atoms. The number of benzene rings is 3. The van der Waals surface area contributed by atoms with Gasteiger partial charge in [-0.2, -0.15) is 0 Å². The Balaban J connectivity index is 1.66. The third kappa shape index (κ3) is 4.72. The van der Waals surface area contributed by atoms with Gasteiger partial charge >= 0.3 is 0 Å². The highest BCUT2D eigenvalue weighted by atomic mass is 35.5. The molecule has 4 aromatic rings. The fraction of sp³-hybridized carbons (Fsp3) is 0.0909. The van der Waals surface area contributed by atoms with Crippen molar-refractivity contribution >= 4 is 51.9 Å². The summed E-state index contributed by atoms with van der Waals surface area (Å²) in [5.41, 5.74) is 3.70. The summed E-state index contributed by atoms with van der Waals surface area (Å²) in [4.78, 5) is 10.6. The number of nitrogens with one attached hydrogen (secondary N) is 2. The third-order valence-corrected chi connectivity index (χ3v) is 5.31. The van der Waals surface area contributed by atoms with Crippen molar-refractivity contribution < 1.29 is 4.74 Å². The number of nitrogens with zero attached hydrogens (tertiary/aromatic N) is 2. The van der Waals surface area contributed by atoms with Crippen LogP contribution < -0.4 is 14.8 Å². The zero-order chi connectivity index (χ0) is 20.2. The van der Waals surface area contributed by atoms with Crippen molar-refractivity contribution in [3.63, 3.8) is 0 Å². The topological polar surface area (TPSA) is 59.1 Å². The van der Waals surface area contributed by atoms with E-state index < -0.39 is 0 Å². The molecule has 0 amide bonds. The minimum Gasteiger partial charge on any atom is -0.497 e. The maximum atomic E-state index is 5.97. The van der Waals surface area contributed by atoms with Gasteiger partial charge in [0.2, 0.25) is 0 Å². The molecule has 0 aliphatic carbocycles. The molecule has 1 aromatic heterocycles. The van der Waals surface area contributed by atoms with Crippen LogP contribution in [0.1, 0.15) is 5.56 Å². The van der Waals surface area contributed by atoms with Gasteiger partial charge < -0.3 is 14.8 Å². The first kappa shape index (κ1) is 19.4. The maximum Gasteiger partial charge on any atom is 0.180 e. The zero-order valence-corrected chi connectivity index (χ0v) is 17.5. The van der Waals surface area contributed by atoms with Gasteiger partial charge in [-0.25, -0.2) is 9.97 Å². The summed E-state index contributed by atoms with van der Waals surface area (Å²) < 4.78 is 8.54. The summed E-state index contributed by atoms with van der Waals surface area (Å²) in [7, 11) is 1.65. The molecule has 2 N–H and O–H groups in total. The Morgan fingerprint density at radius 1 is 0.862 bits per heavy atom. The Bertz CT molecular complexity index is 1130. The highest BCUT2D eigenvalue weighted by molar-refractivity contribution is 8.00. The molecule has 0 saturated heterocycles. The minimum absolute atomic E-state index is 0.648. The Morgan fingerprint density at radius 2 is 1.59 bits per heavy atom. The van der Waals surface area contributed by atoms with E-state index in [0.717, 1.165) is 32.9 Å². The quantitative estimate of drug-likeness (QED) is 0.347. The van der Waals surface area contributed by atoms with Crippen molar-refractivity contribution in [1.82, 2.24) is 9.97 Å². The molecule has 0 atom stereocenters. The van der Waals surface area contributed by atoms with Crippen LogP contribution in [-0.4, -0.2) is 17.1 Å². The van der Waals surface area contributed by atoms with Crippen LogP contribution in [0.3, 0.4) is 0 Å². The van der Waals surface area contributed by atoms with E-state index in [1.54, 1.807) is 7.11 Å². The number of hydrogen-bond acceptors (Lipinski definition) is 6. The molecule has 0 unspecified atom stereocenters. The van der Waals surface area contributed by atoms with E-state index in [-0.39, 0.29) is 0 Å². The molecule has 1 heterocycles. The number of halogens is 1. The maximum absolute atomic E-state index is 5.97. The first-order valence-electron chi connectivity index (χ1n) is 8.98. The van der Waals surface area contributed by atoms with Gasteiger partial charge in [0.05, 0.1) is 18.1 Å². The number of hydrogen-bond donors (Lipinski definition) is 2. The summed E-state index contributed by atoms with van der Waals surface area (Å²) in [5.74, 6) is 2.10. The first-order chi connectivity index (χ1) is 14.1. The average Bonchev–Trinajstić information content (AvgIpc) is 2.74. The lowest BCUT2D eigenvalue weighted by Crippen LogP contribution is -2.02. The molecule has 0 radical (unpaired) electrons. The predicted molar refractivity (Wildman–Crippen MR) is 121 cm³/mol. The lowest BCUT2D eigenvalue weighted by atomic mass is 10.2. The molecule has 4 rings (SSSR count). The lowest BCUT2D eigenvalue weighted by Gasteiger charge is -2.13. The van der Waals surface area contributed by atoms with Gasteiger partial charge in [-0.05, 0) is 85.1 Å².